The zero-order chi connectivity index (χ0) is 12.3. The normalized spacial score (nSPS) is 11.0. The number of thioether (sulfide) groups is 1. The number of anilines is 1. The predicted octanol–water partition coefficient (Wildman–Crippen LogP) is 2.52. The summed E-state index contributed by atoms with van der Waals surface area (Å²) in [5, 5.41) is 13.9. The van der Waals surface area contributed by atoms with Gasteiger partial charge in [0, 0.05) is 29.7 Å². The Morgan fingerprint density at radius 2 is 2.29 bits per heavy atom. The Morgan fingerprint density at radius 1 is 1.47 bits per heavy atom. The third-order valence-electron chi connectivity index (χ3n) is 2.25. The van der Waals surface area contributed by atoms with Crippen LogP contribution in [0.15, 0.2) is 11.1 Å². The molecule has 17 heavy (non-hydrogen) atoms. The monoisotopic (exact) mass is 269 g/mol. The van der Waals surface area contributed by atoms with Crippen LogP contribution in [0.25, 0.3) is 10.2 Å². The number of hydrogen-bond donors (Lipinski definition) is 2. The van der Waals surface area contributed by atoms with E-state index in [1.165, 1.54) is 4.88 Å². The average molecular weight is 269 g/mol. The molecule has 2 heterocycles. The number of aromatic nitrogens is 2. The highest BCUT2D eigenvalue weighted by molar-refractivity contribution is 7.99. The van der Waals surface area contributed by atoms with E-state index in [0.29, 0.717) is 5.95 Å². The maximum absolute atomic E-state index is 8.81. The van der Waals surface area contributed by atoms with E-state index < -0.39 is 0 Å². The van der Waals surface area contributed by atoms with Crippen molar-refractivity contribution in [2.24, 2.45) is 0 Å². The lowest BCUT2D eigenvalue weighted by molar-refractivity contribution is 0.296. The van der Waals surface area contributed by atoms with Gasteiger partial charge in [-0.3, -0.25) is 0 Å². The molecule has 2 aromatic rings. The smallest absolute Gasteiger partial charge is 0.224 e. The van der Waals surface area contributed by atoms with Gasteiger partial charge < -0.3 is 10.4 Å². The molecule has 0 unspecified atom stereocenters. The number of rotatable bonds is 5. The Morgan fingerprint density at radius 3 is 3.00 bits per heavy atom. The first-order valence-corrected chi connectivity index (χ1v) is 7.24. The van der Waals surface area contributed by atoms with Crippen molar-refractivity contribution >= 4 is 39.3 Å². The lowest BCUT2D eigenvalue weighted by atomic mass is 10.4. The van der Waals surface area contributed by atoms with E-state index in [9.17, 15) is 0 Å². The van der Waals surface area contributed by atoms with E-state index >= 15 is 0 Å². The van der Waals surface area contributed by atoms with Gasteiger partial charge in [0.05, 0.1) is 0 Å². The van der Waals surface area contributed by atoms with Crippen LogP contribution in [0.3, 0.4) is 0 Å². The van der Waals surface area contributed by atoms with Gasteiger partial charge in [-0.15, -0.1) is 23.1 Å². The summed E-state index contributed by atoms with van der Waals surface area (Å²) < 4.78 is 0. The number of fused-ring (bicyclic) bond motifs is 1. The lowest BCUT2D eigenvalue weighted by Crippen LogP contribution is -1.97. The molecule has 2 rings (SSSR count). The molecule has 0 fully saturated rings. The quantitative estimate of drug-likeness (QED) is 0.496. The molecule has 0 saturated heterocycles. The molecule has 0 amide bonds. The standard InChI is InChI=1S/C11H15N3OS2/c1-7-6-8-9(16-5-3-4-15)13-11(12-2)14-10(8)17-7/h6,15H,3-5H2,1-2H3,(H,12,13,14). The van der Waals surface area contributed by atoms with Crippen LogP contribution in [-0.4, -0.2) is 34.5 Å². The molecule has 2 aromatic heterocycles. The summed E-state index contributed by atoms with van der Waals surface area (Å²) in [4.78, 5) is 11.2. The van der Waals surface area contributed by atoms with Crippen molar-refractivity contribution in [1.82, 2.24) is 9.97 Å². The van der Waals surface area contributed by atoms with Gasteiger partial charge in [-0.1, -0.05) is 0 Å². The van der Waals surface area contributed by atoms with Crippen molar-refractivity contribution in [1.29, 1.82) is 0 Å². The maximum Gasteiger partial charge on any atom is 0.224 e. The minimum absolute atomic E-state index is 0.225. The average Bonchev–Trinajstić information content (AvgIpc) is 2.69. The zero-order valence-corrected chi connectivity index (χ0v) is 11.5. The Bertz CT molecular complexity index is 513. The fourth-order valence-electron chi connectivity index (χ4n) is 1.47. The number of nitrogens with one attached hydrogen (secondary N) is 1. The van der Waals surface area contributed by atoms with E-state index in [4.69, 9.17) is 5.11 Å². The van der Waals surface area contributed by atoms with Crippen molar-refractivity contribution in [2.75, 3.05) is 24.7 Å². The van der Waals surface area contributed by atoms with E-state index in [1.54, 1.807) is 23.1 Å². The van der Waals surface area contributed by atoms with Gasteiger partial charge in [-0.05, 0) is 19.4 Å². The van der Waals surface area contributed by atoms with Crippen molar-refractivity contribution in [3.8, 4) is 0 Å². The Kier molecular flexibility index (Phi) is 4.20. The Balaban J connectivity index is 2.36. The van der Waals surface area contributed by atoms with Gasteiger partial charge in [0.1, 0.15) is 9.86 Å². The molecular weight excluding hydrogens is 254 g/mol. The van der Waals surface area contributed by atoms with Crippen LogP contribution in [0.1, 0.15) is 11.3 Å². The minimum Gasteiger partial charge on any atom is -0.396 e. The summed E-state index contributed by atoms with van der Waals surface area (Å²) in [6.07, 6.45) is 0.786. The Hall–Kier alpha value is -0.850. The van der Waals surface area contributed by atoms with Crippen LogP contribution >= 0.6 is 23.1 Å². The van der Waals surface area contributed by atoms with Crippen LogP contribution in [-0.2, 0) is 0 Å². The summed E-state index contributed by atoms with van der Waals surface area (Å²) >= 11 is 3.35. The first-order chi connectivity index (χ1) is 8.24. The highest BCUT2D eigenvalue weighted by Crippen LogP contribution is 2.32. The second-order valence-electron chi connectivity index (χ2n) is 3.60. The van der Waals surface area contributed by atoms with Crippen molar-refractivity contribution in [2.45, 2.75) is 18.4 Å². The number of aryl methyl sites for hydroxylation is 1. The molecule has 4 nitrogen and oxygen atoms in total. The molecule has 0 atom stereocenters. The van der Waals surface area contributed by atoms with Gasteiger partial charge >= 0.3 is 0 Å². The number of nitrogens with zero attached hydrogens (tertiary/aromatic N) is 2. The zero-order valence-electron chi connectivity index (χ0n) is 9.86. The molecule has 0 bridgehead atoms. The third-order valence-corrected chi connectivity index (χ3v) is 4.27. The molecule has 0 saturated carbocycles. The first kappa shape index (κ1) is 12.6. The largest absolute Gasteiger partial charge is 0.396 e. The van der Waals surface area contributed by atoms with Gasteiger partial charge in [-0.25, -0.2) is 9.97 Å². The highest BCUT2D eigenvalue weighted by atomic mass is 32.2. The van der Waals surface area contributed by atoms with Crippen molar-refractivity contribution < 1.29 is 5.11 Å². The van der Waals surface area contributed by atoms with Gasteiger partial charge in [0.25, 0.3) is 0 Å². The van der Waals surface area contributed by atoms with Crippen LogP contribution in [0.5, 0.6) is 0 Å². The van der Waals surface area contributed by atoms with E-state index in [-0.39, 0.29) is 6.61 Å². The summed E-state index contributed by atoms with van der Waals surface area (Å²) in [6, 6.07) is 2.13. The summed E-state index contributed by atoms with van der Waals surface area (Å²) in [7, 11) is 1.82. The first-order valence-electron chi connectivity index (χ1n) is 5.44. The second-order valence-corrected chi connectivity index (χ2v) is 5.92. The third kappa shape index (κ3) is 2.88. The molecular formula is C11H15N3OS2. The summed E-state index contributed by atoms with van der Waals surface area (Å²) in [5.74, 6) is 1.53. The fraction of sp³-hybridized carbons (Fsp3) is 0.455. The minimum atomic E-state index is 0.225. The number of aliphatic hydroxyl groups excluding tert-OH is 1. The van der Waals surface area contributed by atoms with Crippen LogP contribution in [0.2, 0.25) is 0 Å². The van der Waals surface area contributed by atoms with E-state index in [2.05, 4.69) is 28.3 Å². The molecule has 0 spiro atoms. The van der Waals surface area contributed by atoms with Crippen molar-refractivity contribution in [3.05, 3.63) is 10.9 Å². The van der Waals surface area contributed by atoms with Crippen LogP contribution in [0.4, 0.5) is 5.95 Å². The van der Waals surface area contributed by atoms with E-state index in [0.717, 1.165) is 27.4 Å². The Labute approximate surface area is 108 Å². The highest BCUT2D eigenvalue weighted by Gasteiger charge is 2.10. The number of thiophene rings is 1. The molecule has 92 valence electrons. The summed E-state index contributed by atoms with van der Waals surface area (Å²) in [6.45, 7) is 2.30. The molecule has 0 aliphatic carbocycles. The summed E-state index contributed by atoms with van der Waals surface area (Å²) in [5.41, 5.74) is 0. The van der Waals surface area contributed by atoms with Gasteiger partial charge in [0.2, 0.25) is 5.95 Å². The molecule has 0 aromatic carbocycles. The molecule has 0 aliphatic rings. The number of hydrogen-bond acceptors (Lipinski definition) is 6. The SMILES string of the molecule is CNc1nc(SCCCO)c2cc(C)sc2n1. The molecule has 0 radical (unpaired) electrons. The molecule has 2 N–H and O–H groups in total. The number of aliphatic hydroxyl groups is 1. The van der Waals surface area contributed by atoms with Gasteiger partial charge in [0.15, 0.2) is 0 Å². The van der Waals surface area contributed by atoms with Crippen molar-refractivity contribution in [3.63, 3.8) is 0 Å². The molecule has 6 heteroatoms. The maximum atomic E-state index is 8.81. The lowest BCUT2D eigenvalue weighted by Gasteiger charge is -2.04. The predicted molar refractivity (Wildman–Crippen MR) is 74.1 cm³/mol. The van der Waals surface area contributed by atoms with Gasteiger partial charge in [-0.2, -0.15) is 0 Å². The van der Waals surface area contributed by atoms with Crippen LogP contribution < -0.4 is 5.32 Å². The van der Waals surface area contributed by atoms with Crippen LogP contribution in [0, 0.1) is 6.92 Å². The fourth-order valence-corrected chi connectivity index (χ4v) is 3.34. The second kappa shape index (κ2) is 5.66. The molecule has 0 aliphatic heterocycles. The topological polar surface area (TPSA) is 58.0 Å². The van der Waals surface area contributed by atoms with E-state index in [1.807, 2.05) is 7.05 Å².